The molecule has 0 N–H and O–H groups in total. The molecule has 1 saturated heterocycles. The Kier molecular flexibility index (Phi) is 4.53. The SMILES string of the molecule is Cc1cc(C)n(CC2CCN(C(=O)Cn3ccc4ccccc43)CC2)n1. The Hall–Kier alpha value is -2.56. The van der Waals surface area contributed by atoms with Crippen LogP contribution in [0.15, 0.2) is 42.6 Å². The number of carbonyl (C=O) groups is 1. The van der Waals surface area contributed by atoms with Crippen LogP contribution in [-0.2, 0) is 17.9 Å². The zero-order valence-corrected chi connectivity index (χ0v) is 15.6. The Morgan fingerprint density at radius 2 is 1.92 bits per heavy atom. The van der Waals surface area contributed by atoms with Crippen LogP contribution in [0.25, 0.3) is 10.9 Å². The van der Waals surface area contributed by atoms with E-state index in [1.165, 1.54) is 11.1 Å². The molecular formula is C21H26N4O. The van der Waals surface area contributed by atoms with E-state index in [4.69, 9.17) is 0 Å². The van der Waals surface area contributed by atoms with E-state index in [1.807, 2.05) is 30.2 Å². The van der Waals surface area contributed by atoms with E-state index < -0.39 is 0 Å². The first-order chi connectivity index (χ1) is 12.6. The molecule has 2 aromatic heterocycles. The third-order valence-corrected chi connectivity index (χ3v) is 5.49. The smallest absolute Gasteiger partial charge is 0.242 e. The number of fused-ring (bicyclic) bond motifs is 1. The highest BCUT2D eigenvalue weighted by Gasteiger charge is 2.24. The number of rotatable bonds is 4. The van der Waals surface area contributed by atoms with E-state index in [-0.39, 0.29) is 5.91 Å². The van der Waals surface area contributed by atoms with Crippen molar-refractivity contribution in [2.24, 2.45) is 5.92 Å². The van der Waals surface area contributed by atoms with E-state index in [2.05, 4.69) is 45.5 Å². The maximum absolute atomic E-state index is 12.7. The lowest BCUT2D eigenvalue weighted by atomic mass is 9.96. The fourth-order valence-electron chi connectivity index (χ4n) is 3.99. The molecule has 1 aromatic carbocycles. The number of hydrogen-bond donors (Lipinski definition) is 0. The number of benzene rings is 1. The van der Waals surface area contributed by atoms with Gasteiger partial charge in [0.2, 0.25) is 5.91 Å². The fraction of sp³-hybridized carbons (Fsp3) is 0.429. The molecule has 1 fully saturated rings. The molecule has 0 spiro atoms. The van der Waals surface area contributed by atoms with Crippen molar-refractivity contribution in [3.05, 3.63) is 54.0 Å². The van der Waals surface area contributed by atoms with Gasteiger partial charge in [0.15, 0.2) is 0 Å². The first kappa shape index (κ1) is 16.9. The van der Waals surface area contributed by atoms with E-state index in [0.29, 0.717) is 12.5 Å². The van der Waals surface area contributed by atoms with E-state index >= 15 is 0 Å². The van der Waals surface area contributed by atoms with Gasteiger partial charge in [0.1, 0.15) is 6.54 Å². The highest BCUT2D eigenvalue weighted by Crippen LogP contribution is 2.21. The second-order valence-corrected chi connectivity index (χ2v) is 7.44. The van der Waals surface area contributed by atoms with Gasteiger partial charge in [-0.25, -0.2) is 0 Å². The van der Waals surface area contributed by atoms with Crippen LogP contribution in [0.1, 0.15) is 24.2 Å². The molecule has 1 amide bonds. The minimum Gasteiger partial charge on any atom is -0.341 e. The Bertz CT molecular complexity index is 915. The highest BCUT2D eigenvalue weighted by molar-refractivity contribution is 5.83. The second kappa shape index (κ2) is 6.98. The molecule has 0 bridgehead atoms. The highest BCUT2D eigenvalue weighted by atomic mass is 16.2. The molecule has 5 heteroatoms. The van der Waals surface area contributed by atoms with Gasteiger partial charge in [-0.2, -0.15) is 5.10 Å². The minimum absolute atomic E-state index is 0.218. The molecule has 0 aliphatic carbocycles. The zero-order valence-electron chi connectivity index (χ0n) is 15.6. The van der Waals surface area contributed by atoms with E-state index in [0.717, 1.165) is 43.7 Å². The molecule has 3 heterocycles. The summed E-state index contributed by atoms with van der Waals surface area (Å²) in [5.74, 6) is 0.820. The lowest BCUT2D eigenvalue weighted by molar-refractivity contribution is -0.133. The number of aromatic nitrogens is 3. The molecule has 1 aliphatic heterocycles. The van der Waals surface area contributed by atoms with E-state index in [9.17, 15) is 4.79 Å². The molecule has 0 atom stereocenters. The van der Waals surface area contributed by atoms with Gasteiger partial charge >= 0.3 is 0 Å². The molecule has 4 rings (SSSR count). The van der Waals surface area contributed by atoms with Gasteiger partial charge < -0.3 is 9.47 Å². The maximum atomic E-state index is 12.7. The lowest BCUT2D eigenvalue weighted by Gasteiger charge is -2.32. The van der Waals surface area contributed by atoms with Crippen molar-refractivity contribution in [3.8, 4) is 0 Å². The van der Waals surface area contributed by atoms with Gasteiger partial charge in [-0.05, 0) is 56.2 Å². The second-order valence-electron chi connectivity index (χ2n) is 7.44. The topological polar surface area (TPSA) is 43.1 Å². The molecule has 0 saturated carbocycles. The van der Waals surface area contributed by atoms with Crippen molar-refractivity contribution in [1.82, 2.24) is 19.2 Å². The van der Waals surface area contributed by atoms with Crippen molar-refractivity contribution in [3.63, 3.8) is 0 Å². The molecular weight excluding hydrogens is 324 g/mol. The van der Waals surface area contributed by atoms with Crippen LogP contribution in [0.5, 0.6) is 0 Å². The van der Waals surface area contributed by atoms with Gasteiger partial charge in [-0.1, -0.05) is 18.2 Å². The number of carbonyl (C=O) groups excluding carboxylic acids is 1. The van der Waals surface area contributed by atoms with Crippen molar-refractivity contribution >= 4 is 16.8 Å². The van der Waals surface area contributed by atoms with Gasteiger partial charge in [0.25, 0.3) is 0 Å². The summed E-state index contributed by atoms with van der Waals surface area (Å²) in [4.78, 5) is 14.7. The van der Waals surface area contributed by atoms with Crippen LogP contribution in [0, 0.1) is 19.8 Å². The quantitative estimate of drug-likeness (QED) is 0.724. The minimum atomic E-state index is 0.218. The summed E-state index contributed by atoms with van der Waals surface area (Å²) >= 11 is 0. The summed E-state index contributed by atoms with van der Waals surface area (Å²) < 4.78 is 4.17. The summed E-state index contributed by atoms with van der Waals surface area (Å²) in [6.07, 6.45) is 4.12. The summed E-state index contributed by atoms with van der Waals surface area (Å²) in [6.45, 7) is 7.24. The Morgan fingerprint density at radius 1 is 1.15 bits per heavy atom. The zero-order chi connectivity index (χ0) is 18.1. The van der Waals surface area contributed by atoms with Gasteiger partial charge in [-0.3, -0.25) is 9.48 Å². The Morgan fingerprint density at radius 3 is 2.65 bits per heavy atom. The van der Waals surface area contributed by atoms with Gasteiger partial charge in [0.05, 0.1) is 5.69 Å². The molecule has 5 nitrogen and oxygen atoms in total. The number of aryl methyl sites for hydroxylation is 2. The summed E-state index contributed by atoms with van der Waals surface area (Å²) in [5.41, 5.74) is 3.43. The molecule has 0 radical (unpaired) electrons. The number of amides is 1. The van der Waals surface area contributed by atoms with Crippen LogP contribution < -0.4 is 0 Å². The Balaban J connectivity index is 1.34. The monoisotopic (exact) mass is 350 g/mol. The molecule has 136 valence electrons. The molecule has 26 heavy (non-hydrogen) atoms. The normalized spacial score (nSPS) is 15.7. The third-order valence-electron chi connectivity index (χ3n) is 5.49. The van der Waals surface area contributed by atoms with Gasteiger partial charge in [0, 0.05) is 37.0 Å². The molecule has 1 aliphatic rings. The van der Waals surface area contributed by atoms with Crippen LogP contribution in [-0.4, -0.2) is 38.2 Å². The van der Waals surface area contributed by atoms with Gasteiger partial charge in [-0.15, -0.1) is 0 Å². The average Bonchev–Trinajstić information content (AvgIpc) is 3.18. The first-order valence-electron chi connectivity index (χ1n) is 9.43. The van der Waals surface area contributed by atoms with E-state index in [1.54, 1.807) is 0 Å². The number of likely N-dealkylation sites (tertiary alicyclic amines) is 1. The number of piperidine rings is 1. The number of nitrogens with zero attached hydrogens (tertiary/aromatic N) is 4. The largest absolute Gasteiger partial charge is 0.341 e. The van der Waals surface area contributed by atoms with Crippen molar-refractivity contribution in [2.45, 2.75) is 39.8 Å². The molecule has 3 aromatic rings. The maximum Gasteiger partial charge on any atom is 0.242 e. The van der Waals surface area contributed by atoms with Crippen LogP contribution in [0.3, 0.4) is 0 Å². The van der Waals surface area contributed by atoms with Crippen molar-refractivity contribution < 1.29 is 4.79 Å². The van der Waals surface area contributed by atoms with Crippen LogP contribution >= 0.6 is 0 Å². The third kappa shape index (κ3) is 3.39. The predicted molar refractivity (Wildman–Crippen MR) is 103 cm³/mol. The van der Waals surface area contributed by atoms with Crippen molar-refractivity contribution in [2.75, 3.05) is 13.1 Å². The number of para-hydroxylation sites is 1. The fourth-order valence-corrected chi connectivity index (χ4v) is 3.99. The average molecular weight is 350 g/mol. The lowest BCUT2D eigenvalue weighted by Crippen LogP contribution is -2.41. The molecule has 0 unspecified atom stereocenters. The summed E-state index contributed by atoms with van der Waals surface area (Å²) in [6, 6.07) is 12.4. The Labute approximate surface area is 154 Å². The summed E-state index contributed by atoms with van der Waals surface area (Å²) in [5, 5.41) is 5.75. The number of hydrogen-bond acceptors (Lipinski definition) is 2. The van der Waals surface area contributed by atoms with Crippen LogP contribution in [0.2, 0.25) is 0 Å². The predicted octanol–water partition coefficient (Wildman–Crippen LogP) is 3.39. The first-order valence-corrected chi connectivity index (χ1v) is 9.43. The standard InChI is InChI=1S/C21H26N4O/c1-16-13-17(2)25(22-16)14-18-7-10-23(11-8-18)21(26)15-24-12-9-19-5-3-4-6-20(19)24/h3-6,9,12-13,18H,7-8,10-11,14-15H2,1-2H3. The van der Waals surface area contributed by atoms with Crippen LogP contribution in [0.4, 0.5) is 0 Å². The van der Waals surface area contributed by atoms with Crippen molar-refractivity contribution in [1.29, 1.82) is 0 Å². The summed E-state index contributed by atoms with van der Waals surface area (Å²) in [7, 11) is 0.